The van der Waals surface area contributed by atoms with E-state index in [9.17, 15) is 4.79 Å². The predicted octanol–water partition coefficient (Wildman–Crippen LogP) is 4.75. The lowest BCUT2D eigenvalue weighted by Crippen LogP contribution is -2.51. The van der Waals surface area contributed by atoms with Gasteiger partial charge in [0.15, 0.2) is 0 Å². The van der Waals surface area contributed by atoms with E-state index >= 15 is 0 Å². The molecule has 226 valence electrons. The number of piperidine rings is 1. The third-order valence-corrected chi connectivity index (χ3v) is 8.06. The number of hydrogen-bond donors (Lipinski definition) is 4. The third kappa shape index (κ3) is 6.95. The predicted molar refractivity (Wildman–Crippen MR) is 172 cm³/mol. The summed E-state index contributed by atoms with van der Waals surface area (Å²) in [6.45, 7) is 10.2. The van der Waals surface area contributed by atoms with Crippen molar-refractivity contribution in [1.82, 2.24) is 14.9 Å². The van der Waals surface area contributed by atoms with Gasteiger partial charge in [-0.25, -0.2) is 9.97 Å². The van der Waals surface area contributed by atoms with E-state index in [2.05, 4.69) is 49.2 Å². The molecule has 3 aromatic rings. The maximum atomic E-state index is 12.5. The molecule has 2 aliphatic rings. The molecule has 1 aromatic heterocycles. The van der Waals surface area contributed by atoms with Crippen LogP contribution >= 0.6 is 0 Å². The summed E-state index contributed by atoms with van der Waals surface area (Å²) in [6, 6.07) is 12.0. The lowest BCUT2D eigenvalue weighted by atomic mass is 10.0. The van der Waals surface area contributed by atoms with Crippen LogP contribution in [0.4, 0.5) is 28.6 Å². The first kappa shape index (κ1) is 30.0. The molecule has 2 saturated heterocycles. The molecule has 4 N–H and O–H groups in total. The van der Waals surface area contributed by atoms with Crippen LogP contribution in [0.3, 0.4) is 0 Å². The van der Waals surface area contributed by atoms with Gasteiger partial charge in [-0.05, 0) is 38.0 Å². The highest BCUT2D eigenvalue weighted by molar-refractivity contribution is 6.02. The molecule has 0 unspecified atom stereocenters. The van der Waals surface area contributed by atoms with Crippen molar-refractivity contribution in [3.8, 4) is 17.0 Å². The Morgan fingerprint density at radius 2 is 1.93 bits per heavy atom. The van der Waals surface area contributed by atoms with Crippen LogP contribution in [-0.4, -0.2) is 86.1 Å². The molecule has 11 heteroatoms. The fourth-order valence-electron chi connectivity index (χ4n) is 5.81. The molecule has 2 fully saturated rings. The van der Waals surface area contributed by atoms with Gasteiger partial charge in [0.05, 0.1) is 42.6 Å². The molecule has 0 spiro atoms. The van der Waals surface area contributed by atoms with Gasteiger partial charge in [-0.2, -0.15) is 0 Å². The largest absolute Gasteiger partial charge is 0.494 e. The zero-order chi connectivity index (χ0) is 30.3. The Labute approximate surface area is 252 Å². The second-order valence-electron chi connectivity index (χ2n) is 10.8. The Bertz CT molecular complexity index is 1470. The van der Waals surface area contributed by atoms with E-state index in [1.54, 1.807) is 7.11 Å². The number of methoxy groups -OCH3 is 1. The van der Waals surface area contributed by atoms with Crippen molar-refractivity contribution in [3.05, 3.63) is 60.9 Å². The molecule has 3 heterocycles. The third-order valence-electron chi connectivity index (χ3n) is 8.06. The van der Waals surface area contributed by atoms with Crippen LogP contribution in [0.1, 0.15) is 25.3 Å². The second-order valence-corrected chi connectivity index (χ2v) is 10.8. The highest BCUT2D eigenvalue weighted by Crippen LogP contribution is 2.40. The Morgan fingerprint density at radius 1 is 1.12 bits per heavy atom. The SMILES string of the molecule is C=CC(=O)Nc1cc(Nc2cc(-c3ccc(C=N)c(NC)c3)ncn2)c(OC)cc1N1CCC(N2CCO[C@H](C)C2)CC1. The van der Waals surface area contributed by atoms with Crippen LogP contribution in [0.15, 0.2) is 55.4 Å². The zero-order valence-corrected chi connectivity index (χ0v) is 25.0. The molecule has 0 saturated carbocycles. The van der Waals surface area contributed by atoms with Crippen molar-refractivity contribution in [3.63, 3.8) is 0 Å². The first-order valence-electron chi connectivity index (χ1n) is 14.6. The molecule has 0 aliphatic carbocycles. The summed E-state index contributed by atoms with van der Waals surface area (Å²) in [7, 11) is 3.46. The first-order valence-corrected chi connectivity index (χ1v) is 14.6. The minimum atomic E-state index is -0.285. The minimum Gasteiger partial charge on any atom is -0.494 e. The van der Waals surface area contributed by atoms with Gasteiger partial charge >= 0.3 is 0 Å². The van der Waals surface area contributed by atoms with Gasteiger partial charge in [0.1, 0.15) is 17.9 Å². The van der Waals surface area contributed by atoms with Crippen LogP contribution in [0.5, 0.6) is 5.75 Å². The lowest BCUT2D eigenvalue weighted by Gasteiger charge is -2.42. The number of nitrogens with one attached hydrogen (secondary N) is 4. The maximum Gasteiger partial charge on any atom is 0.247 e. The van der Waals surface area contributed by atoms with Crippen LogP contribution < -0.4 is 25.6 Å². The molecule has 0 radical (unpaired) electrons. The van der Waals surface area contributed by atoms with E-state index in [4.69, 9.17) is 14.9 Å². The molecule has 2 aliphatic heterocycles. The first-order chi connectivity index (χ1) is 20.9. The molecule has 1 amide bonds. The van der Waals surface area contributed by atoms with Crippen molar-refractivity contribution >= 4 is 40.7 Å². The molecule has 5 rings (SSSR count). The Hall–Kier alpha value is -4.48. The van der Waals surface area contributed by atoms with Gasteiger partial charge in [0.2, 0.25) is 5.91 Å². The number of carbonyl (C=O) groups is 1. The highest BCUT2D eigenvalue weighted by Gasteiger charge is 2.29. The molecular weight excluding hydrogens is 544 g/mol. The van der Waals surface area contributed by atoms with E-state index < -0.39 is 0 Å². The number of anilines is 5. The summed E-state index contributed by atoms with van der Waals surface area (Å²) in [6.07, 6.45) is 6.41. The molecular formula is C32H40N8O3. The lowest BCUT2D eigenvalue weighted by molar-refractivity contribution is -0.111. The van der Waals surface area contributed by atoms with Gasteiger partial charge in [-0.1, -0.05) is 18.7 Å². The van der Waals surface area contributed by atoms with E-state index in [1.165, 1.54) is 18.6 Å². The molecule has 1 atom stereocenters. The molecule has 11 nitrogen and oxygen atoms in total. The summed E-state index contributed by atoms with van der Waals surface area (Å²) < 4.78 is 11.6. The van der Waals surface area contributed by atoms with E-state index in [1.807, 2.05) is 43.4 Å². The molecule has 2 aromatic carbocycles. The van der Waals surface area contributed by atoms with Crippen LogP contribution in [0.25, 0.3) is 11.3 Å². The summed E-state index contributed by atoms with van der Waals surface area (Å²) in [5.74, 6) is 0.913. The van der Waals surface area contributed by atoms with E-state index in [-0.39, 0.29) is 12.0 Å². The second kappa shape index (κ2) is 13.7. The van der Waals surface area contributed by atoms with Crippen molar-refractivity contribution in [2.75, 3.05) is 67.8 Å². The van der Waals surface area contributed by atoms with Crippen LogP contribution in [0, 0.1) is 5.41 Å². The number of hydrogen-bond acceptors (Lipinski definition) is 10. The number of nitrogens with zero attached hydrogens (tertiary/aromatic N) is 4. The standard InChI is InChI=1S/C32H40N8O3/c1-5-32(41)38-27-15-28(37-31-16-26(35-20-36-31)22-6-7-23(18-33)25(14-22)34-3)30(42-4)17-29(27)39-10-8-24(9-11-39)40-12-13-43-21(2)19-40/h5-7,14-18,20-21,24,33-34H,1,8-13,19H2,2-4H3,(H,38,41)(H,35,36,37)/t21-/m1/s1. The number of benzene rings is 2. The number of ether oxygens (including phenoxy) is 2. The highest BCUT2D eigenvalue weighted by atomic mass is 16.5. The van der Waals surface area contributed by atoms with Crippen molar-refractivity contribution in [2.45, 2.75) is 31.9 Å². The van der Waals surface area contributed by atoms with Crippen molar-refractivity contribution < 1.29 is 14.3 Å². The number of carbonyl (C=O) groups excluding carboxylic acids is 1. The zero-order valence-electron chi connectivity index (χ0n) is 25.0. The van der Waals surface area contributed by atoms with E-state index in [0.717, 1.165) is 73.8 Å². The fraction of sp³-hybridized carbons (Fsp3) is 0.375. The summed E-state index contributed by atoms with van der Waals surface area (Å²) in [5, 5.41) is 17.1. The fourth-order valence-corrected chi connectivity index (χ4v) is 5.81. The quantitative estimate of drug-likeness (QED) is 0.197. The summed E-state index contributed by atoms with van der Waals surface area (Å²) in [4.78, 5) is 26.2. The minimum absolute atomic E-state index is 0.265. The maximum absolute atomic E-state index is 12.5. The number of rotatable bonds is 10. The van der Waals surface area contributed by atoms with Gasteiger partial charge in [-0.15, -0.1) is 0 Å². The number of aromatic nitrogens is 2. The van der Waals surface area contributed by atoms with Gasteiger partial charge in [-0.3, -0.25) is 9.69 Å². The number of amides is 1. The Balaban J connectivity index is 1.40. The molecule has 43 heavy (non-hydrogen) atoms. The van der Waals surface area contributed by atoms with Gasteiger partial charge < -0.3 is 35.7 Å². The Morgan fingerprint density at radius 3 is 2.63 bits per heavy atom. The average molecular weight is 585 g/mol. The summed E-state index contributed by atoms with van der Waals surface area (Å²) >= 11 is 0. The van der Waals surface area contributed by atoms with Gasteiger partial charge in [0, 0.05) is 74.4 Å². The summed E-state index contributed by atoms with van der Waals surface area (Å²) in [5.41, 5.74) is 5.46. The van der Waals surface area contributed by atoms with Crippen LogP contribution in [-0.2, 0) is 9.53 Å². The number of morpholine rings is 1. The molecule has 0 bridgehead atoms. The van der Waals surface area contributed by atoms with Gasteiger partial charge in [0.25, 0.3) is 0 Å². The van der Waals surface area contributed by atoms with Crippen LogP contribution in [0.2, 0.25) is 0 Å². The normalized spacial score (nSPS) is 17.7. The van der Waals surface area contributed by atoms with Crippen molar-refractivity contribution in [1.29, 1.82) is 5.41 Å². The monoisotopic (exact) mass is 584 g/mol. The van der Waals surface area contributed by atoms with E-state index in [0.29, 0.717) is 29.0 Å². The Kier molecular flexibility index (Phi) is 9.53. The smallest absolute Gasteiger partial charge is 0.247 e. The van der Waals surface area contributed by atoms with Crippen molar-refractivity contribution in [2.24, 2.45) is 0 Å². The average Bonchev–Trinajstić information content (AvgIpc) is 3.04. The topological polar surface area (TPSA) is 128 Å².